The Morgan fingerprint density at radius 2 is 1.72 bits per heavy atom. The Labute approximate surface area is 214 Å². The van der Waals surface area contributed by atoms with E-state index >= 15 is 0 Å². The van der Waals surface area contributed by atoms with E-state index in [9.17, 15) is 0 Å². The molecule has 0 atom stereocenters. The van der Waals surface area contributed by atoms with Crippen LogP contribution in [0.2, 0.25) is 0 Å². The van der Waals surface area contributed by atoms with Crippen molar-refractivity contribution in [1.29, 1.82) is 0 Å². The van der Waals surface area contributed by atoms with E-state index in [2.05, 4.69) is 26.8 Å². The van der Waals surface area contributed by atoms with Crippen LogP contribution in [0.3, 0.4) is 0 Å². The molecule has 3 aliphatic rings. The summed E-state index contributed by atoms with van der Waals surface area (Å²) in [6.45, 7) is 12.2. The SMILES string of the molecule is Cc1oc2ccccc2c1-c1nc(N2CCOCC2)c2sc(CN3CC(N4CCOCC4)C3)cc2n1. The number of furan rings is 1. The van der Waals surface area contributed by atoms with Gasteiger partial charge in [-0.2, -0.15) is 0 Å². The highest BCUT2D eigenvalue weighted by molar-refractivity contribution is 7.19. The van der Waals surface area contributed by atoms with Crippen LogP contribution in [-0.4, -0.2) is 91.5 Å². The summed E-state index contributed by atoms with van der Waals surface area (Å²) in [4.78, 5) is 19.1. The Hall–Kier alpha value is -2.56. The summed E-state index contributed by atoms with van der Waals surface area (Å²) in [6.07, 6.45) is 0. The fraction of sp³-hybridized carbons (Fsp3) is 0.481. The molecule has 36 heavy (non-hydrogen) atoms. The lowest BCUT2D eigenvalue weighted by atomic mass is 10.1. The molecule has 0 bridgehead atoms. The maximum absolute atomic E-state index is 6.06. The Balaban J connectivity index is 1.22. The summed E-state index contributed by atoms with van der Waals surface area (Å²) < 4.78 is 18.4. The second-order valence-electron chi connectivity index (χ2n) is 9.92. The molecule has 0 unspecified atom stereocenters. The van der Waals surface area contributed by atoms with Gasteiger partial charge < -0.3 is 18.8 Å². The number of nitrogens with zero attached hydrogens (tertiary/aromatic N) is 5. The van der Waals surface area contributed by atoms with Gasteiger partial charge in [0.25, 0.3) is 0 Å². The van der Waals surface area contributed by atoms with Crippen molar-refractivity contribution in [2.75, 3.05) is 70.6 Å². The number of aromatic nitrogens is 2. The summed E-state index contributed by atoms with van der Waals surface area (Å²) in [7, 11) is 0. The number of hydrogen-bond acceptors (Lipinski definition) is 9. The minimum absolute atomic E-state index is 0.663. The van der Waals surface area contributed by atoms with E-state index in [1.54, 1.807) is 0 Å². The first-order chi connectivity index (χ1) is 17.7. The average Bonchev–Trinajstić information content (AvgIpc) is 3.45. The van der Waals surface area contributed by atoms with E-state index < -0.39 is 0 Å². The average molecular weight is 506 g/mol. The second kappa shape index (κ2) is 9.39. The van der Waals surface area contributed by atoms with E-state index in [1.165, 1.54) is 9.58 Å². The number of fused-ring (bicyclic) bond motifs is 2. The number of thiophene rings is 1. The van der Waals surface area contributed by atoms with E-state index in [0.717, 1.165) is 112 Å². The third-order valence-electron chi connectivity index (χ3n) is 7.59. The summed E-state index contributed by atoms with van der Waals surface area (Å²) in [6, 6.07) is 11.1. The fourth-order valence-corrected chi connectivity index (χ4v) is 6.81. The highest BCUT2D eigenvalue weighted by atomic mass is 32.1. The van der Waals surface area contributed by atoms with Crippen LogP contribution in [-0.2, 0) is 16.0 Å². The van der Waals surface area contributed by atoms with Crippen LogP contribution in [0.5, 0.6) is 0 Å². The molecule has 0 aliphatic carbocycles. The zero-order valence-corrected chi connectivity index (χ0v) is 21.4. The zero-order chi connectivity index (χ0) is 24.1. The second-order valence-corrected chi connectivity index (χ2v) is 11.1. The van der Waals surface area contributed by atoms with Crippen LogP contribution in [0.1, 0.15) is 10.6 Å². The summed E-state index contributed by atoms with van der Waals surface area (Å²) in [5.41, 5.74) is 2.89. The Kier molecular flexibility index (Phi) is 5.90. The number of hydrogen-bond donors (Lipinski definition) is 0. The Morgan fingerprint density at radius 3 is 2.53 bits per heavy atom. The lowest BCUT2D eigenvalue weighted by Crippen LogP contribution is -2.60. The number of aryl methyl sites for hydroxylation is 1. The number of ether oxygens (including phenoxy) is 2. The molecule has 7 rings (SSSR count). The van der Waals surface area contributed by atoms with Crippen molar-refractivity contribution >= 4 is 38.3 Å². The lowest BCUT2D eigenvalue weighted by Gasteiger charge is -2.46. The Morgan fingerprint density at radius 1 is 0.972 bits per heavy atom. The topological polar surface area (TPSA) is 67.1 Å². The minimum Gasteiger partial charge on any atom is -0.461 e. The quantitative estimate of drug-likeness (QED) is 0.406. The van der Waals surface area contributed by atoms with Gasteiger partial charge in [0.2, 0.25) is 0 Å². The number of morpholine rings is 2. The highest BCUT2D eigenvalue weighted by Crippen LogP contribution is 2.38. The molecule has 3 saturated heterocycles. The van der Waals surface area contributed by atoms with Gasteiger partial charge in [0.1, 0.15) is 11.3 Å². The van der Waals surface area contributed by atoms with Gasteiger partial charge in [0, 0.05) is 62.1 Å². The van der Waals surface area contributed by atoms with E-state index in [1.807, 2.05) is 36.5 Å². The maximum Gasteiger partial charge on any atom is 0.166 e. The third-order valence-corrected chi connectivity index (χ3v) is 8.69. The first kappa shape index (κ1) is 22.6. The van der Waals surface area contributed by atoms with Gasteiger partial charge in [0.05, 0.1) is 42.2 Å². The number of para-hydroxylation sites is 1. The zero-order valence-electron chi connectivity index (χ0n) is 20.6. The van der Waals surface area contributed by atoms with Crippen LogP contribution in [0.15, 0.2) is 34.7 Å². The first-order valence-electron chi connectivity index (χ1n) is 12.9. The maximum atomic E-state index is 6.06. The first-order valence-corrected chi connectivity index (χ1v) is 13.7. The highest BCUT2D eigenvalue weighted by Gasteiger charge is 2.33. The van der Waals surface area contributed by atoms with Gasteiger partial charge >= 0.3 is 0 Å². The van der Waals surface area contributed by atoms with Crippen molar-refractivity contribution in [3.63, 3.8) is 0 Å². The molecule has 0 amide bonds. The number of likely N-dealkylation sites (tertiary alicyclic amines) is 1. The molecule has 0 spiro atoms. The van der Waals surface area contributed by atoms with Crippen LogP contribution in [0.4, 0.5) is 5.82 Å². The van der Waals surface area contributed by atoms with Crippen molar-refractivity contribution in [3.8, 4) is 11.4 Å². The van der Waals surface area contributed by atoms with Crippen molar-refractivity contribution < 1.29 is 13.9 Å². The summed E-state index contributed by atoms with van der Waals surface area (Å²) in [5.74, 6) is 2.62. The Bertz CT molecular complexity index is 1380. The van der Waals surface area contributed by atoms with E-state index in [0.29, 0.717) is 6.04 Å². The molecule has 188 valence electrons. The molecule has 8 nitrogen and oxygen atoms in total. The van der Waals surface area contributed by atoms with Crippen LogP contribution >= 0.6 is 11.3 Å². The van der Waals surface area contributed by atoms with Crippen molar-refractivity contribution in [2.24, 2.45) is 0 Å². The summed E-state index contributed by atoms with van der Waals surface area (Å²) >= 11 is 1.84. The minimum atomic E-state index is 0.663. The van der Waals surface area contributed by atoms with Crippen molar-refractivity contribution in [1.82, 2.24) is 19.8 Å². The predicted molar refractivity (Wildman–Crippen MR) is 142 cm³/mol. The molecule has 1 aromatic carbocycles. The van der Waals surface area contributed by atoms with Gasteiger partial charge in [-0.1, -0.05) is 18.2 Å². The molecular weight excluding hydrogens is 474 g/mol. The van der Waals surface area contributed by atoms with Crippen LogP contribution in [0.25, 0.3) is 32.6 Å². The van der Waals surface area contributed by atoms with Gasteiger partial charge in [-0.05, 0) is 19.1 Å². The molecule has 9 heteroatoms. The van der Waals surface area contributed by atoms with Gasteiger partial charge in [-0.15, -0.1) is 11.3 Å². The third kappa shape index (κ3) is 4.09. The normalized spacial score (nSPS) is 20.4. The van der Waals surface area contributed by atoms with Crippen LogP contribution < -0.4 is 4.90 Å². The monoisotopic (exact) mass is 505 g/mol. The van der Waals surface area contributed by atoms with Gasteiger partial charge in [-0.25, -0.2) is 9.97 Å². The van der Waals surface area contributed by atoms with Crippen molar-refractivity contribution in [3.05, 3.63) is 41.0 Å². The lowest BCUT2D eigenvalue weighted by molar-refractivity contribution is -0.0341. The molecule has 3 aromatic heterocycles. The predicted octanol–water partition coefficient (Wildman–Crippen LogP) is 3.77. The largest absolute Gasteiger partial charge is 0.461 e. The molecule has 3 fully saturated rings. The smallest absolute Gasteiger partial charge is 0.166 e. The molecule has 0 N–H and O–H groups in total. The standard InChI is InChI=1S/C27H31N5O3S/c1-18-24(21-4-2-3-5-23(21)35-18)26-28-22-14-20(17-30-15-19(16-30)31-6-10-33-11-7-31)36-25(22)27(29-26)32-8-12-34-13-9-32/h2-5,14,19H,6-13,15-17H2,1H3. The fourth-order valence-electron chi connectivity index (χ4n) is 5.65. The van der Waals surface area contributed by atoms with Gasteiger partial charge in [0.15, 0.2) is 11.6 Å². The molecule has 4 aromatic rings. The number of rotatable bonds is 5. The molecular formula is C27H31N5O3S. The van der Waals surface area contributed by atoms with Crippen LogP contribution in [0, 0.1) is 6.92 Å². The van der Waals surface area contributed by atoms with Crippen molar-refractivity contribution in [2.45, 2.75) is 19.5 Å². The summed E-state index contributed by atoms with van der Waals surface area (Å²) in [5, 5.41) is 1.06. The molecule has 0 radical (unpaired) electrons. The molecule has 0 saturated carbocycles. The number of anilines is 1. The van der Waals surface area contributed by atoms with E-state index in [4.69, 9.17) is 23.9 Å². The molecule has 6 heterocycles. The number of benzene rings is 1. The van der Waals surface area contributed by atoms with Gasteiger partial charge in [-0.3, -0.25) is 9.80 Å². The van der Waals surface area contributed by atoms with E-state index in [-0.39, 0.29) is 0 Å². The molecule has 3 aliphatic heterocycles.